The third-order valence-electron chi connectivity index (χ3n) is 2.64. The molecule has 2 rings (SSSR count). The molecule has 0 saturated heterocycles. The third kappa shape index (κ3) is 2.05. The van der Waals surface area contributed by atoms with Gasteiger partial charge in [0, 0.05) is 26.0 Å². The van der Waals surface area contributed by atoms with Crippen LogP contribution >= 0.6 is 15.9 Å². The first-order valence-corrected chi connectivity index (χ1v) is 5.94. The number of aryl methyl sites for hydroxylation is 2. The van der Waals surface area contributed by atoms with Crippen molar-refractivity contribution in [1.29, 1.82) is 0 Å². The molecule has 0 spiro atoms. The Bertz CT molecular complexity index is 498. The highest BCUT2D eigenvalue weighted by Gasteiger charge is 2.10. The van der Waals surface area contributed by atoms with Gasteiger partial charge < -0.3 is 10.3 Å². The standard InChI is InChI=1S/C11H15BrN4/c1-8-11(12)10(15(2)14-8)7-16-4-3-9(5-13)6-16/h3-4,6H,5,7,13H2,1-2H3. The van der Waals surface area contributed by atoms with Crippen LogP contribution in [0.3, 0.4) is 0 Å². The molecule has 0 aliphatic heterocycles. The van der Waals surface area contributed by atoms with Crippen LogP contribution in [0.2, 0.25) is 0 Å². The van der Waals surface area contributed by atoms with E-state index < -0.39 is 0 Å². The summed E-state index contributed by atoms with van der Waals surface area (Å²) in [6.45, 7) is 3.38. The lowest BCUT2D eigenvalue weighted by Crippen LogP contribution is -2.04. The van der Waals surface area contributed by atoms with Gasteiger partial charge >= 0.3 is 0 Å². The molecule has 0 aliphatic rings. The maximum absolute atomic E-state index is 5.58. The van der Waals surface area contributed by atoms with Crippen molar-refractivity contribution in [1.82, 2.24) is 14.3 Å². The summed E-state index contributed by atoms with van der Waals surface area (Å²) in [4.78, 5) is 0. The topological polar surface area (TPSA) is 48.8 Å². The molecule has 0 aliphatic carbocycles. The van der Waals surface area contributed by atoms with E-state index in [9.17, 15) is 0 Å². The monoisotopic (exact) mass is 282 g/mol. The summed E-state index contributed by atoms with van der Waals surface area (Å²) < 4.78 is 5.10. The van der Waals surface area contributed by atoms with Crippen LogP contribution in [-0.2, 0) is 20.1 Å². The Hall–Kier alpha value is -1.07. The molecule has 4 nitrogen and oxygen atoms in total. The van der Waals surface area contributed by atoms with Gasteiger partial charge in [-0.1, -0.05) is 0 Å². The molecule has 0 saturated carbocycles. The smallest absolute Gasteiger partial charge is 0.0739 e. The zero-order valence-corrected chi connectivity index (χ0v) is 11.0. The summed E-state index contributed by atoms with van der Waals surface area (Å²) in [6, 6.07) is 2.04. The van der Waals surface area contributed by atoms with Gasteiger partial charge in [-0.3, -0.25) is 4.68 Å². The fourth-order valence-corrected chi connectivity index (χ4v) is 2.20. The molecule has 0 fully saturated rings. The second-order valence-electron chi connectivity index (χ2n) is 3.87. The Morgan fingerprint density at radius 1 is 1.50 bits per heavy atom. The van der Waals surface area contributed by atoms with Gasteiger partial charge in [-0.2, -0.15) is 5.10 Å². The number of halogens is 1. The molecule has 2 N–H and O–H groups in total. The summed E-state index contributed by atoms with van der Waals surface area (Å²) in [6.07, 6.45) is 4.10. The number of hydrogen-bond donors (Lipinski definition) is 1. The summed E-state index contributed by atoms with van der Waals surface area (Å²) in [7, 11) is 1.96. The highest BCUT2D eigenvalue weighted by Crippen LogP contribution is 2.21. The molecule has 2 heterocycles. The van der Waals surface area contributed by atoms with Crippen molar-refractivity contribution in [3.05, 3.63) is 39.9 Å². The molecule has 0 radical (unpaired) electrons. The molecular weight excluding hydrogens is 268 g/mol. The summed E-state index contributed by atoms with van der Waals surface area (Å²) >= 11 is 3.56. The number of aromatic nitrogens is 3. The van der Waals surface area contributed by atoms with Crippen molar-refractivity contribution in [2.75, 3.05) is 0 Å². The molecule has 0 aromatic carbocycles. The van der Waals surface area contributed by atoms with Gasteiger partial charge in [0.15, 0.2) is 0 Å². The minimum Gasteiger partial charge on any atom is -0.348 e. The van der Waals surface area contributed by atoms with Gasteiger partial charge in [0.05, 0.1) is 22.4 Å². The van der Waals surface area contributed by atoms with Crippen molar-refractivity contribution in [3.63, 3.8) is 0 Å². The van der Waals surface area contributed by atoms with E-state index >= 15 is 0 Å². The Morgan fingerprint density at radius 2 is 2.25 bits per heavy atom. The Balaban J connectivity index is 2.26. The molecule has 2 aromatic rings. The summed E-state index contributed by atoms with van der Waals surface area (Å²) in [5.74, 6) is 0. The average Bonchev–Trinajstić information content (AvgIpc) is 2.80. The maximum atomic E-state index is 5.58. The first-order valence-electron chi connectivity index (χ1n) is 5.14. The van der Waals surface area contributed by atoms with E-state index in [2.05, 4.69) is 31.8 Å². The Kier molecular flexibility index (Phi) is 3.16. The molecular formula is C11H15BrN4. The lowest BCUT2D eigenvalue weighted by molar-refractivity contribution is 0.663. The second-order valence-corrected chi connectivity index (χ2v) is 4.66. The Morgan fingerprint density at radius 3 is 2.75 bits per heavy atom. The van der Waals surface area contributed by atoms with Crippen molar-refractivity contribution in [2.45, 2.75) is 20.0 Å². The third-order valence-corrected chi connectivity index (χ3v) is 3.67. The fourth-order valence-electron chi connectivity index (χ4n) is 1.73. The van der Waals surface area contributed by atoms with Crippen LogP contribution in [0, 0.1) is 6.92 Å². The molecule has 5 heteroatoms. The number of nitrogens with two attached hydrogens (primary N) is 1. The molecule has 2 aromatic heterocycles. The molecule has 86 valence electrons. The zero-order chi connectivity index (χ0) is 11.7. The van der Waals surface area contributed by atoms with Crippen LogP contribution < -0.4 is 5.73 Å². The fraction of sp³-hybridized carbons (Fsp3) is 0.364. The van der Waals surface area contributed by atoms with E-state index in [1.165, 1.54) is 0 Å². The van der Waals surface area contributed by atoms with E-state index in [0.717, 1.165) is 28.0 Å². The number of nitrogens with zero attached hydrogens (tertiary/aromatic N) is 3. The number of rotatable bonds is 3. The summed E-state index contributed by atoms with van der Waals surface area (Å²) in [5.41, 5.74) is 8.91. The molecule has 16 heavy (non-hydrogen) atoms. The molecule has 0 unspecified atom stereocenters. The number of hydrogen-bond acceptors (Lipinski definition) is 2. The zero-order valence-electron chi connectivity index (χ0n) is 9.44. The second kappa shape index (κ2) is 4.43. The predicted octanol–water partition coefficient (Wildman–Crippen LogP) is 1.80. The van der Waals surface area contributed by atoms with Gasteiger partial charge in [0.1, 0.15) is 0 Å². The van der Waals surface area contributed by atoms with E-state index in [1.807, 2.05) is 30.9 Å². The van der Waals surface area contributed by atoms with Crippen LogP contribution in [0.25, 0.3) is 0 Å². The van der Waals surface area contributed by atoms with Gasteiger partial charge in [-0.05, 0) is 34.5 Å². The van der Waals surface area contributed by atoms with Crippen LogP contribution in [0.5, 0.6) is 0 Å². The van der Waals surface area contributed by atoms with E-state index in [0.29, 0.717) is 6.54 Å². The van der Waals surface area contributed by atoms with E-state index in [1.54, 1.807) is 0 Å². The first-order chi connectivity index (χ1) is 7.61. The van der Waals surface area contributed by atoms with Crippen LogP contribution in [0.15, 0.2) is 22.9 Å². The maximum Gasteiger partial charge on any atom is 0.0739 e. The quantitative estimate of drug-likeness (QED) is 0.933. The average molecular weight is 283 g/mol. The van der Waals surface area contributed by atoms with Gasteiger partial charge in [0.25, 0.3) is 0 Å². The normalized spacial score (nSPS) is 11.0. The highest BCUT2D eigenvalue weighted by atomic mass is 79.9. The van der Waals surface area contributed by atoms with Crippen molar-refractivity contribution >= 4 is 15.9 Å². The van der Waals surface area contributed by atoms with Gasteiger partial charge in [-0.25, -0.2) is 0 Å². The lowest BCUT2D eigenvalue weighted by Gasteiger charge is -2.04. The van der Waals surface area contributed by atoms with Crippen molar-refractivity contribution in [2.24, 2.45) is 12.8 Å². The van der Waals surface area contributed by atoms with E-state index in [4.69, 9.17) is 5.73 Å². The van der Waals surface area contributed by atoms with Gasteiger partial charge in [-0.15, -0.1) is 0 Å². The Labute approximate surface area is 103 Å². The van der Waals surface area contributed by atoms with E-state index in [-0.39, 0.29) is 0 Å². The van der Waals surface area contributed by atoms with Crippen LogP contribution in [0.4, 0.5) is 0 Å². The lowest BCUT2D eigenvalue weighted by atomic mass is 10.3. The summed E-state index contributed by atoms with van der Waals surface area (Å²) in [5, 5.41) is 4.37. The van der Waals surface area contributed by atoms with Crippen LogP contribution in [0.1, 0.15) is 17.0 Å². The largest absolute Gasteiger partial charge is 0.348 e. The molecule has 0 amide bonds. The predicted molar refractivity (Wildman–Crippen MR) is 67.1 cm³/mol. The SMILES string of the molecule is Cc1nn(C)c(Cn2ccc(CN)c2)c1Br. The minimum atomic E-state index is 0.582. The van der Waals surface area contributed by atoms with Crippen LogP contribution in [-0.4, -0.2) is 14.3 Å². The van der Waals surface area contributed by atoms with Crippen molar-refractivity contribution in [3.8, 4) is 0 Å². The molecule has 0 atom stereocenters. The molecule has 0 bridgehead atoms. The van der Waals surface area contributed by atoms with Gasteiger partial charge in [0.2, 0.25) is 0 Å². The highest BCUT2D eigenvalue weighted by molar-refractivity contribution is 9.10. The van der Waals surface area contributed by atoms with Crippen molar-refractivity contribution < 1.29 is 0 Å². The minimum absolute atomic E-state index is 0.582. The first kappa shape index (κ1) is 11.4.